The molecule has 2 amide bonds. The molecule has 0 aromatic carbocycles. The first-order valence-electron chi connectivity index (χ1n) is 10.3. The van der Waals surface area contributed by atoms with Crippen molar-refractivity contribution in [2.24, 2.45) is 5.10 Å². The van der Waals surface area contributed by atoms with Crippen molar-refractivity contribution >= 4 is 33.4 Å². The number of carbonyl (C=O) groups excluding carboxylic acids is 2. The van der Waals surface area contributed by atoms with E-state index >= 15 is 0 Å². The fraction of sp³-hybridized carbons (Fsp3) is 0.579. The number of anilines is 1. The molecule has 12 heteroatoms. The molecule has 0 radical (unpaired) electrons. The van der Waals surface area contributed by atoms with E-state index in [-0.39, 0.29) is 16.7 Å². The zero-order valence-corrected chi connectivity index (χ0v) is 18.3. The van der Waals surface area contributed by atoms with Crippen LogP contribution in [0, 0.1) is 0 Å². The summed E-state index contributed by atoms with van der Waals surface area (Å²) in [6.07, 6.45) is 2.05. The highest BCUT2D eigenvalue weighted by Gasteiger charge is 2.30. The quantitative estimate of drug-likeness (QED) is 0.599. The summed E-state index contributed by atoms with van der Waals surface area (Å²) in [7, 11) is -2.02. The van der Waals surface area contributed by atoms with Gasteiger partial charge in [-0.2, -0.15) is 9.41 Å². The summed E-state index contributed by atoms with van der Waals surface area (Å²) in [4.78, 5) is 32.5. The van der Waals surface area contributed by atoms with Crippen LogP contribution >= 0.6 is 0 Å². The number of piperazine rings is 1. The van der Waals surface area contributed by atoms with Gasteiger partial charge in [0.05, 0.1) is 13.2 Å². The van der Waals surface area contributed by atoms with E-state index in [1.807, 2.05) is 4.90 Å². The maximum atomic E-state index is 12.7. The van der Waals surface area contributed by atoms with Crippen molar-refractivity contribution in [2.75, 3.05) is 64.4 Å². The van der Waals surface area contributed by atoms with Crippen LogP contribution in [-0.4, -0.2) is 105 Å². The number of nitrogens with zero attached hydrogens (tertiary/aromatic N) is 6. The van der Waals surface area contributed by atoms with Crippen molar-refractivity contribution in [1.29, 1.82) is 0 Å². The molecule has 31 heavy (non-hydrogen) atoms. The van der Waals surface area contributed by atoms with Crippen LogP contribution in [0.4, 0.5) is 5.82 Å². The molecule has 168 valence electrons. The van der Waals surface area contributed by atoms with Gasteiger partial charge in [-0.3, -0.25) is 9.59 Å². The van der Waals surface area contributed by atoms with E-state index in [1.54, 1.807) is 24.1 Å². The highest BCUT2D eigenvalue weighted by molar-refractivity contribution is 7.89. The molecule has 0 aliphatic carbocycles. The summed E-state index contributed by atoms with van der Waals surface area (Å²) in [5.74, 6) is 0.443. The molecule has 1 aromatic rings. The number of aromatic nitrogens is 1. The molecule has 0 saturated carbocycles. The predicted molar refractivity (Wildman–Crippen MR) is 112 cm³/mol. The largest absolute Gasteiger partial charge is 0.379 e. The first-order valence-corrected chi connectivity index (χ1v) is 11.7. The average Bonchev–Trinajstić information content (AvgIpc) is 2.81. The molecule has 0 unspecified atom stereocenters. The van der Waals surface area contributed by atoms with E-state index in [2.05, 4.69) is 10.1 Å². The Kier molecular flexibility index (Phi) is 6.21. The summed E-state index contributed by atoms with van der Waals surface area (Å²) in [6.45, 7) is 3.65. The third-order valence-electron chi connectivity index (χ3n) is 5.67. The van der Waals surface area contributed by atoms with Gasteiger partial charge >= 0.3 is 0 Å². The van der Waals surface area contributed by atoms with Gasteiger partial charge in [-0.15, -0.1) is 0 Å². The van der Waals surface area contributed by atoms with Gasteiger partial charge in [0.2, 0.25) is 15.9 Å². The predicted octanol–water partition coefficient (Wildman–Crippen LogP) is -0.641. The average molecular weight is 451 g/mol. The molecule has 11 nitrogen and oxygen atoms in total. The SMILES string of the molecule is CN1N=C(C(=O)N2CCN(c3ccc(S(=O)(=O)N4CCOCC4)cn3)CC2)CCC1=O. The number of carbonyl (C=O) groups is 2. The minimum absolute atomic E-state index is 0.0912. The van der Waals surface area contributed by atoms with E-state index in [9.17, 15) is 18.0 Å². The lowest BCUT2D eigenvalue weighted by Crippen LogP contribution is -2.51. The molecular formula is C19H26N6O5S. The van der Waals surface area contributed by atoms with Gasteiger partial charge in [-0.25, -0.2) is 18.4 Å². The minimum atomic E-state index is -3.57. The maximum absolute atomic E-state index is 12.7. The lowest BCUT2D eigenvalue weighted by atomic mass is 10.1. The maximum Gasteiger partial charge on any atom is 0.270 e. The van der Waals surface area contributed by atoms with E-state index in [0.29, 0.717) is 76.9 Å². The van der Waals surface area contributed by atoms with Gasteiger partial charge in [0.1, 0.15) is 16.4 Å². The molecule has 0 bridgehead atoms. The normalized spacial score (nSPS) is 21.3. The lowest BCUT2D eigenvalue weighted by molar-refractivity contribution is -0.130. The van der Waals surface area contributed by atoms with Gasteiger partial charge in [-0.1, -0.05) is 0 Å². The Hall–Kier alpha value is -2.57. The highest BCUT2D eigenvalue weighted by Crippen LogP contribution is 2.20. The van der Waals surface area contributed by atoms with Crippen LogP contribution in [0.5, 0.6) is 0 Å². The summed E-state index contributed by atoms with van der Waals surface area (Å²) < 4.78 is 32.1. The van der Waals surface area contributed by atoms with Crippen molar-refractivity contribution in [2.45, 2.75) is 17.7 Å². The Bertz CT molecular complexity index is 966. The van der Waals surface area contributed by atoms with Crippen molar-refractivity contribution in [1.82, 2.24) is 19.2 Å². The zero-order chi connectivity index (χ0) is 22.0. The first-order chi connectivity index (χ1) is 14.9. The fourth-order valence-electron chi connectivity index (χ4n) is 3.79. The van der Waals surface area contributed by atoms with Crippen molar-refractivity contribution in [3.63, 3.8) is 0 Å². The topological polar surface area (TPSA) is 116 Å². The lowest BCUT2D eigenvalue weighted by Gasteiger charge is -2.36. The van der Waals surface area contributed by atoms with Crippen LogP contribution in [0.3, 0.4) is 0 Å². The molecule has 3 aliphatic heterocycles. The standard InChI is InChI=1S/C19H26N6O5S/c1-22-18(26)5-3-16(21-22)19(27)24-8-6-23(7-9-24)17-4-2-15(14-20-17)31(28,29)25-10-12-30-13-11-25/h2,4,14H,3,5-13H2,1H3. The van der Waals surface area contributed by atoms with Crippen LogP contribution in [0.2, 0.25) is 0 Å². The summed E-state index contributed by atoms with van der Waals surface area (Å²) in [5, 5.41) is 5.33. The van der Waals surface area contributed by atoms with Crippen LogP contribution in [0.15, 0.2) is 28.3 Å². The van der Waals surface area contributed by atoms with Gasteiger partial charge in [-0.05, 0) is 12.1 Å². The molecule has 0 atom stereocenters. The number of rotatable bonds is 4. The first kappa shape index (κ1) is 21.7. The van der Waals surface area contributed by atoms with E-state index in [4.69, 9.17) is 4.74 Å². The summed E-state index contributed by atoms with van der Waals surface area (Å²) in [6, 6.07) is 3.28. The van der Waals surface area contributed by atoms with E-state index < -0.39 is 10.0 Å². The van der Waals surface area contributed by atoms with Crippen molar-refractivity contribution in [3.05, 3.63) is 18.3 Å². The van der Waals surface area contributed by atoms with Crippen molar-refractivity contribution in [3.8, 4) is 0 Å². The summed E-state index contributed by atoms with van der Waals surface area (Å²) in [5.41, 5.74) is 0.409. The number of hydrogen-bond donors (Lipinski definition) is 0. The molecule has 4 rings (SSSR count). The highest BCUT2D eigenvalue weighted by atomic mass is 32.2. The number of amides is 2. The number of morpholine rings is 1. The van der Waals surface area contributed by atoms with E-state index in [1.165, 1.54) is 15.5 Å². The second-order valence-corrected chi connectivity index (χ2v) is 9.55. The Morgan fingerprint density at radius 3 is 2.35 bits per heavy atom. The Labute approximate surface area is 181 Å². The molecule has 3 aliphatic rings. The van der Waals surface area contributed by atoms with Crippen LogP contribution in [0.25, 0.3) is 0 Å². The minimum Gasteiger partial charge on any atom is -0.379 e. The molecule has 0 spiro atoms. The second-order valence-electron chi connectivity index (χ2n) is 7.61. The number of hydrogen-bond acceptors (Lipinski definition) is 8. The molecule has 4 heterocycles. The van der Waals surface area contributed by atoms with Crippen LogP contribution in [0.1, 0.15) is 12.8 Å². The monoisotopic (exact) mass is 450 g/mol. The zero-order valence-electron chi connectivity index (χ0n) is 17.4. The van der Waals surface area contributed by atoms with Gasteiger partial charge in [0, 0.05) is 65.4 Å². The van der Waals surface area contributed by atoms with Crippen LogP contribution < -0.4 is 4.90 Å². The Balaban J connectivity index is 1.36. The Morgan fingerprint density at radius 1 is 1.03 bits per heavy atom. The molecule has 2 saturated heterocycles. The number of pyridine rings is 1. The summed E-state index contributed by atoms with van der Waals surface area (Å²) >= 11 is 0. The molecule has 1 aromatic heterocycles. The van der Waals surface area contributed by atoms with E-state index in [0.717, 1.165) is 0 Å². The number of ether oxygens (including phenoxy) is 1. The van der Waals surface area contributed by atoms with Crippen molar-refractivity contribution < 1.29 is 22.7 Å². The molecule has 2 fully saturated rings. The fourth-order valence-corrected chi connectivity index (χ4v) is 5.15. The third kappa shape index (κ3) is 4.55. The van der Waals surface area contributed by atoms with Gasteiger partial charge < -0.3 is 14.5 Å². The van der Waals surface area contributed by atoms with Gasteiger partial charge in [0.25, 0.3) is 5.91 Å². The molecular weight excluding hydrogens is 424 g/mol. The number of sulfonamides is 1. The van der Waals surface area contributed by atoms with Gasteiger partial charge in [0.15, 0.2) is 0 Å². The molecule has 0 N–H and O–H groups in total. The Morgan fingerprint density at radius 2 is 1.74 bits per heavy atom. The second kappa shape index (κ2) is 8.89. The smallest absolute Gasteiger partial charge is 0.270 e. The van der Waals surface area contributed by atoms with Crippen LogP contribution in [-0.2, 0) is 24.3 Å². The third-order valence-corrected chi connectivity index (χ3v) is 7.56. The number of hydrazone groups is 1.